The van der Waals surface area contributed by atoms with E-state index in [1.807, 2.05) is 30.3 Å². The molecule has 4 heteroatoms. The van der Waals surface area contributed by atoms with Gasteiger partial charge in [-0.25, -0.2) is 15.0 Å². The predicted molar refractivity (Wildman–Crippen MR) is 178 cm³/mol. The van der Waals surface area contributed by atoms with Crippen LogP contribution in [0.3, 0.4) is 0 Å². The minimum atomic E-state index is -0.269. The normalized spacial score (nSPS) is 25.0. The third-order valence-corrected chi connectivity index (χ3v) is 11.5. The van der Waals surface area contributed by atoms with Gasteiger partial charge < -0.3 is 0 Å². The van der Waals surface area contributed by atoms with Crippen LogP contribution >= 0.6 is 0 Å². The summed E-state index contributed by atoms with van der Waals surface area (Å²) >= 11 is 0. The van der Waals surface area contributed by atoms with Crippen LogP contribution in [0.2, 0.25) is 0 Å². The smallest absolute Gasteiger partial charge is 0.164 e. The molecule has 0 aliphatic heterocycles. The van der Waals surface area contributed by atoms with Gasteiger partial charge >= 0.3 is 0 Å². The number of fused-ring (bicyclic) bond motifs is 3. The summed E-state index contributed by atoms with van der Waals surface area (Å²) in [5, 5.41) is 9.63. The summed E-state index contributed by atoms with van der Waals surface area (Å²) in [6.45, 7) is 4.52. The Balaban J connectivity index is 1.17. The lowest BCUT2D eigenvalue weighted by atomic mass is 9.48. The molecule has 1 aromatic heterocycles. The van der Waals surface area contributed by atoms with Gasteiger partial charge in [-0.3, -0.25) is 0 Å². The van der Waals surface area contributed by atoms with E-state index in [1.165, 1.54) is 55.2 Å². The first-order valence-electron chi connectivity index (χ1n) is 16.5. The maximum Gasteiger partial charge on any atom is 0.164 e. The second-order valence-corrected chi connectivity index (χ2v) is 14.7. The largest absolute Gasteiger partial charge is 0.208 e. The molecule has 0 spiro atoms. The fourth-order valence-corrected chi connectivity index (χ4v) is 9.93. The van der Waals surface area contributed by atoms with E-state index < -0.39 is 0 Å². The van der Waals surface area contributed by atoms with Crippen molar-refractivity contribution in [2.24, 2.45) is 17.8 Å². The number of hydrogen-bond acceptors (Lipinski definition) is 4. The molecule has 10 rings (SSSR count). The first-order valence-corrected chi connectivity index (χ1v) is 16.5. The Hall–Kier alpha value is -4.62. The van der Waals surface area contributed by atoms with Crippen LogP contribution in [0.5, 0.6) is 0 Å². The monoisotopic (exact) mass is 584 g/mol. The fraction of sp³-hybridized carbons (Fsp3) is 0.317. The van der Waals surface area contributed by atoms with Crippen molar-refractivity contribution in [3.8, 4) is 51.4 Å². The van der Waals surface area contributed by atoms with Crippen molar-refractivity contribution in [1.82, 2.24) is 15.0 Å². The second-order valence-electron chi connectivity index (χ2n) is 14.7. The van der Waals surface area contributed by atoms with Crippen molar-refractivity contribution in [2.75, 3.05) is 0 Å². The van der Waals surface area contributed by atoms with E-state index in [0.29, 0.717) is 28.5 Å². The van der Waals surface area contributed by atoms with Gasteiger partial charge in [0.1, 0.15) is 0 Å². The molecule has 4 bridgehead atoms. The standard InChI is InChI=1S/C41H36N4/c1-40(2)35-16-11-25(24-42)20-34(35)32-9-6-10-33(36(32)40)39-44-37(29-7-4-3-5-8-29)43-38(45-39)30-12-14-31(15-13-30)41-21-26-17-27(22-41)19-28(18-26)23-41/h3-16,20,26-28H,17-19,21-23H2,1-2H3/t26-,27+,28?,41?. The van der Waals surface area contributed by atoms with Crippen LogP contribution in [0, 0.1) is 29.1 Å². The first kappa shape index (κ1) is 26.8. The Morgan fingerprint density at radius 1 is 0.622 bits per heavy atom. The highest BCUT2D eigenvalue weighted by molar-refractivity contribution is 5.87. The van der Waals surface area contributed by atoms with Gasteiger partial charge in [-0.15, -0.1) is 0 Å². The van der Waals surface area contributed by atoms with Crippen molar-refractivity contribution in [1.29, 1.82) is 5.26 Å². The topological polar surface area (TPSA) is 62.5 Å². The van der Waals surface area contributed by atoms with Gasteiger partial charge in [0.2, 0.25) is 0 Å². The Bertz CT molecular complexity index is 1980. The lowest BCUT2D eigenvalue weighted by molar-refractivity contribution is -0.00518. The molecule has 0 radical (unpaired) electrons. The molecule has 0 atom stereocenters. The summed E-state index contributed by atoms with van der Waals surface area (Å²) in [7, 11) is 0. The summed E-state index contributed by atoms with van der Waals surface area (Å²) < 4.78 is 0. The third kappa shape index (κ3) is 4.13. The van der Waals surface area contributed by atoms with Crippen LogP contribution in [-0.4, -0.2) is 15.0 Å². The van der Waals surface area contributed by atoms with Gasteiger partial charge in [-0.2, -0.15) is 5.26 Å². The maximum absolute atomic E-state index is 9.63. The zero-order valence-electron chi connectivity index (χ0n) is 25.9. The van der Waals surface area contributed by atoms with Crippen molar-refractivity contribution in [3.05, 3.63) is 113 Å². The number of hydrogen-bond donors (Lipinski definition) is 0. The van der Waals surface area contributed by atoms with E-state index in [2.05, 4.69) is 80.6 Å². The predicted octanol–water partition coefficient (Wildman–Crippen LogP) is 9.52. The number of rotatable bonds is 4. The van der Waals surface area contributed by atoms with Crippen LogP contribution < -0.4 is 0 Å². The molecule has 0 amide bonds. The molecule has 220 valence electrons. The van der Waals surface area contributed by atoms with Gasteiger partial charge in [0, 0.05) is 22.1 Å². The summed E-state index contributed by atoms with van der Waals surface area (Å²) in [4.78, 5) is 15.4. The fourth-order valence-electron chi connectivity index (χ4n) is 9.93. The van der Waals surface area contributed by atoms with Crippen LogP contribution in [0.15, 0.2) is 91.0 Å². The maximum atomic E-state index is 9.63. The van der Waals surface area contributed by atoms with Crippen LogP contribution in [0.4, 0.5) is 0 Å². The molecule has 1 heterocycles. The van der Waals surface area contributed by atoms with Crippen LogP contribution in [-0.2, 0) is 10.8 Å². The van der Waals surface area contributed by atoms with Crippen molar-refractivity contribution in [2.45, 2.75) is 63.2 Å². The third-order valence-electron chi connectivity index (χ3n) is 11.5. The summed E-state index contributed by atoms with van der Waals surface area (Å²) in [6, 6.07) is 34.2. The van der Waals surface area contributed by atoms with E-state index in [4.69, 9.17) is 15.0 Å². The van der Waals surface area contributed by atoms with Crippen LogP contribution in [0.1, 0.15) is 74.6 Å². The molecule has 4 nitrogen and oxygen atoms in total. The molecule has 4 fully saturated rings. The molecule has 0 unspecified atom stereocenters. The van der Waals surface area contributed by atoms with E-state index in [9.17, 15) is 5.26 Å². The minimum Gasteiger partial charge on any atom is -0.208 e. The highest BCUT2D eigenvalue weighted by atomic mass is 15.0. The Morgan fingerprint density at radius 2 is 1.22 bits per heavy atom. The highest BCUT2D eigenvalue weighted by Crippen LogP contribution is 2.61. The zero-order chi connectivity index (χ0) is 30.3. The second kappa shape index (κ2) is 9.69. The summed E-state index contributed by atoms with van der Waals surface area (Å²) in [5.74, 6) is 4.83. The van der Waals surface area contributed by atoms with Crippen LogP contribution in [0.25, 0.3) is 45.3 Å². The number of nitriles is 1. The average molecular weight is 585 g/mol. The molecule has 5 aliphatic carbocycles. The molecule has 45 heavy (non-hydrogen) atoms. The van der Waals surface area contributed by atoms with Gasteiger partial charge in [-0.05, 0) is 102 Å². The summed E-state index contributed by atoms with van der Waals surface area (Å²) in [5.41, 5.74) is 9.98. The molecule has 4 aromatic carbocycles. The molecule has 5 aromatic rings. The van der Waals surface area contributed by atoms with Gasteiger partial charge in [0.15, 0.2) is 17.5 Å². The number of aromatic nitrogens is 3. The van der Waals surface area contributed by atoms with Gasteiger partial charge in [0.25, 0.3) is 0 Å². The molecular weight excluding hydrogens is 548 g/mol. The van der Waals surface area contributed by atoms with Gasteiger partial charge in [0.05, 0.1) is 11.6 Å². The van der Waals surface area contributed by atoms with Gasteiger partial charge in [-0.1, -0.05) is 92.7 Å². The Morgan fingerprint density at radius 3 is 1.87 bits per heavy atom. The van der Waals surface area contributed by atoms with Crippen molar-refractivity contribution in [3.63, 3.8) is 0 Å². The lowest BCUT2D eigenvalue weighted by Gasteiger charge is -2.57. The van der Waals surface area contributed by atoms with E-state index in [-0.39, 0.29) is 5.41 Å². The lowest BCUT2D eigenvalue weighted by Crippen LogP contribution is -2.48. The minimum absolute atomic E-state index is 0.269. The van der Waals surface area contributed by atoms with Crippen molar-refractivity contribution >= 4 is 0 Å². The quantitative estimate of drug-likeness (QED) is 0.211. The number of benzene rings is 4. The van der Waals surface area contributed by atoms with Crippen molar-refractivity contribution < 1.29 is 0 Å². The summed E-state index contributed by atoms with van der Waals surface area (Å²) in [6.07, 6.45) is 8.45. The highest BCUT2D eigenvalue weighted by Gasteiger charge is 2.51. The zero-order valence-corrected chi connectivity index (χ0v) is 25.9. The van der Waals surface area contributed by atoms with E-state index >= 15 is 0 Å². The molecule has 5 aliphatic rings. The Labute approximate surface area is 265 Å². The average Bonchev–Trinajstić information content (AvgIpc) is 3.30. The molecule has 0 N–H and O–H groups in total. The van der Waals surface area contributed by atoms with E-state index in [1.54, 1.807) is 0 Å². The molecule has 4 saturated carbocycles. The number of nitrogens with zero attached hydrogens (tertiary/aromatic N) is 4. The Kier molecular flexibility index (Phi) is 5.76. The first-order chi connectivity index (χ1) is 21.9. The molecule has 0 saturated heterocycles. The molecular formula is C41H36N4. The SMILES string of the molecule is CC1(C)c2ccc(C#N)cc2-c2cccc(-c3nc(-c4ccccc4)nc(-c4ccc(C56CC7C[C@H](C5)C[C@@H](C7)C6)cc4)n3)c21. The van der Waals surface area contributed by atoms with E-state index in [0.717, 1.165) is 45.6 Å².